The number of carbonyl (C=O) groups excluding carboxylic acids is 1. The van der Waals surface area contributed by atoms with E-state index in [9.17, 15) is 9.90 Å². The molecule has 98 valence electrons. The quantitative estimate of drug-likeness (QED) is 0.795. The largest absolute Gasteiger partial charge is 0.483 e. The van der Waals surface area contributed by atoms with Gasteiger partial charge >= 0.3 is 0 Å². The van der Waals surface area contributed by atoms with Crippen LogP contribution in [0.1, 0.15) is 12.5 Å². The summed E-state index contributed by atoms with van der Waals surface area (Å²) in [5, 5.41) is 11.9. The smallest absolute Gasteiger partial charge is 0.257 e. The summed E-state index contributed by atoms with van der Waals surface area (Å²) in [5.74, 6) is 1.34. The third-order valence-electron chi connectivity index (χ3n) is 2.46. The van der Waals surface area contributed by atoms with Crippen molar-refractivity contribution in [2.45, 2.75) is 13.5 Å². The van der Waals surface area contributed by atoms with Gasteiger partial charge in [-0.3, -0.25) is 4.79 Å². The molecule has 1 aliphatic rings. The zero-order valence-corrected chi connectivity index (χ0v) is 10.1. The van der Waals surface area contributed by atoms with Crippen molar-refractivity contribution in [2.24, 2.45) is 0 Å². The molecule has 1 amide bonds. The predicted octanol–water partition coefficient (Wildman–Crippen LogP) is 0.422. The number of rotatable bonds is 5. The standard InChI is InChI=1S/C12H15NO5/c1-2-13-12(15)6-16-9-4-11-10(17-7-18-11)3-8(9)5-14/h3-4,14H,2,5-7H2,1H3,(H,13,15). The van der Waals surface area contributed by atoms with Crippen molar-refractivity contribution in [2.75, 3.05) is 19.9 Å². The molecule has 0 saturated heterocycles. The fraction of sp³-hybridized carbons (Fsp3) is 0.417. The molecule has 6 nitrogen and oxygen atoms in total. The van der Waals surface area contributed by atoms with Crippen LogP contribution < -0.4 is 19.5 Å². The van der Waals surface area contributed by atoms with Crippen LogP contribution in [0.3, 0.4) is 0 Å². The van der Waals surface area contributed by atoms with Gasteiger partial charge in [0.15, 0.2) is 18.1 Å². The van der Waals surface area contributed by atoms with Gasteiger partial charge in [-0.1, -0.05) is 0 Å². The van der Waals surface area contributed by atoms with Gasteiger partial charge in [-0.2, -0.15) is 0 Å². The number of nitrogens with one attached hydrogen (secondary N) is 1. The highest BCUT2D eigenvalue weighted by Crippen LogP contribution is 2.38. The number of fused-ring (bicyclic) bond motifs is 1. The van der Waals surface area contributed by atoms with Crippen molar-refractivity contribution in [1.82, 2.24) is 5.32 Å². The molecule has 18 heavy (non-hydrogen) atoms. The second-order valence-electron chi connectivity index (χ2n) is 3.71. The van der Waals surface area contributed by atoms with Crippen molar-refractivity contribution in [3.8, 4) is 17.2 Å². The number of carbonyl (C=O) groups is 1. The highest BCUT2D eigenvalue weighted by Gasteiger charge is 2.18. The summed E-state index contributed by atoms with van der Waals surface area (Å²) in [5.41, 5.74) is 0.559. The van der Waals surface area contributed by atoms with Gasteiger partial charge in [-0.05, 0) is 13.0 Å². The molecule has 0 fully saturated rings. The number of amides is 1. The highest BCUT2D eigenvalue weighted by molar-refractivity contribution is 5.77. The Hall–Kier alpha value is -1.95. The van der Waals surface area contributed by atoms with Crippen LogP contribution in [0.4, 0.5) is 0 Å². The van der Waals surface area contributed by atoms with Gasteiger partial charge in [-0.25, -0.2) is 0 Å². The Morgan fingerprint density at radius 2 is 2.17 bits per heavy atom. The number of hydrogen-bond acceptors (Lipinski definition) is 5. The minimum atomic E-state index is -0.209. The molecule has 1 aliphatic heterocycles. The summed E-state index contributed by atoms with van der Waals surface area (Å²) in [7, 11) is 0. The fourth-order valence-electron chi connectivity index (χ4n) is 1.61. The lowest BCUT2D eigenvalue weighted by Gasteiger charge is -2.10. The minimum Gasteiger partial charge on any atom is -0.483 e. The zero-order valence-electron chi connectivity index (χ0n) is 10.1. The number of likely N-dealkylation sites (N-methyl/N-ethyl adjacent to an activating group) is 1. The summed E-state index contributed by atoms with van der Waals surface area (Å²) in [6.07, 6.45) is 0. The van der Waals surface area contributed by atoms with E-state index in [0.29, 0.717) is 29.4 Å². The second kappa shape index (κ2) is 5.59. The molecule has 1 aromatic rings. The van der Waals surface area contributed by atoms with E-state index in [1.165, 1.54) is 0 Å². The summed E-state index contributed by atoms with van der Waals surface area (Å²) in [6.45, 7) is 2.25. The Morgan fingerprint density at radius 3 is 2.83 bits per heavy atom. The summed E-state index contributed by atoms with van der Waals surface area (Å²) < 4.78 is 15.8. The first-order valence-corrected chi connectivity index (χ1v) is 5.67. The Kier molecular flexibility index (Phi) is 3.88. The molecule has 1 aromatic carbocycles. The number of aliphatic hydroxyl groups excluding tert-OH is 1. The van der Waals surface area contributed by atoms with Gasteiger partial charge in [-0.15, -0.1) is 0 Å². The Morgan fingerprint density at radius 1 is 1.44 bits per heavy atom. The summed E-state index contributed by atoms with van der Waals surface area (Å²) in [6, 6.07) is 3.27. The Labute approximate surface area is 104 Å². The maximum Gasteiger partial charge on any atom is 0.257 e. The van der Waals surface area contributed by atoms with Gasteiger partial charge in [0.05, 0.1) is 6.61 Å². The molecular weight excluding hydrogens is 238 g/mol. The number of benzene rings is 1. The number of hydrogen-bond donors (Lipinski definition) is 2. The van der Waals surface area contributed by atoms with Crippen molar-refractivity contribution in [1.29, 1.82) is 0 Å². The normalized spacial score (nSPS) is 12.3. The first-order valence-electron chi connectivity index (χ1n) is 5.67. The van der Waals surface area contributed by atoms with Gasteiger partial charge < -0.3 is 24.6 Å². The van der Waals surface area contributed by atoms with Gasteiger partial charge in [0, 0.05) is 18.2 Å². The Balaban J connectivity index is 2.09. The molecular formula is C12H15NO5. The lowest BCUT2D eigenvalue weighted by molar-refractivity contribution is -0.123. The van der Waals surface area contributed by atoms with E-state index in [1.54, 1.807) is 12.1 Å². The topological polar surface area (TPSA) is 77.0 Å². The van der Waals surface area contributed by atoms with Crippen LogP contribution in [0.15, 0.2) is 12.1 Å². The maximum absolute atomic E-state index is 11.3. The molecule has 2 N–H and O–H groups in total. The Bertz CT molecular complexity index is 446. The molecule has 0 unspecified atom stereocenters. The second-order valence-corrected chi connectivity index (χ2v) is 3.71. The molecule has 0 spiro atoms. The van der Waals surface area contributed by atoms with Gasteiger partial charge in [0.25, 0.3) is 5.91 Å². The van der Waals surface area contributed by atoms with Crippen LogP contribution in [0, 0.1) is 0 Å². The lowest BCUT2D eigenvalue weighted by Crippen LogP contribution is -2.28. The first kappa shape index (κ1) is 12.5. The molecule has 0 aliphatic carbocycles. The van der Waals surface area contributed by atoms with Crippen molar-refractivity contribution in [3.63, 3.8) is 0 Å². The van der Waals surface area contributed by atoms with E-state index in [2.05, 4.69) is 5.32 Å². The third kappa shape index (κ3) is 2.65. The molecule has 0 aromatic heterocycles. The van der Waals surface area contributed by atoms with Gasteiger partial charge in [0.2, 0.25) is 6.79 Å². The molecule has 0 atom stereocenters. The number of aliphatic hydroxyl groups is 1. The fourth-order valence-corrected chi connectivity index (χ4v) is 1.61. The predicted molar refractivity (Wildman–Crippen MR) is 62.7 cm³/mol. The molecule has 0 bridgehead atoms. The number of ether oxygens (including phenoxy) is 3. The highest BCUT2D eigenvalue weighted by atomic mass is 16.7. The minimum absolute atomic E-state index is 0.0967. The van der Waals surface area contributed by atoms with Crippen LogP contribution in [0.25, 0.3) is 0 Å². The van der Waals surface area contributed by atoms with E-state index in [1.807, 2.05) is 6.92 Å². The first-order chi connectivity index (χ1) is 8.74. The molecule has 0 saturated carbocycles. The average Bonchev–Trinajstić information content (AvgIpc) is 2.82. The summed E-state index contributed by atoms with van der Waals surface area (Å²) >= 11 is 0. The monoisotopic (exact) mass is 253 g/mol. The van der Waals surface area contributed by atoms with E-state index in [4.69, 9.17) is 14.2 Å². The summed E-state index contributed by atoms with van der Waals surface area (Å²) in [4.78, 5) is 11.3. The van der Waals surface area contributed by atoms with Crippen molar-refractivity contribution in [3.05, 3.63) is 17.7 Å². The van der Waals surface area contributed by atoms with Crippen molar-refractivity contribution < 1.29 is 24.1 Å². The van der Waals surface area contributed by atoms with Crippen LogP contribution in [-0.2, 0) is 11.4 Å². The van der Waals surface area contributed by atoms with Crippen LogP contribution in [0.2, 0.25) is 0 Å². The molecule has 1 heterocycles. The van der Waals surface area contributed by atoms with Crippen LogP contribution in [0.5, 0.6) is 17.2 Å². The average molecular weight is 253 g/mol. The van der Waals surface area contributed by atoms with Crippen LogP contribution >= 0.6 is 0 Å². The van der Waals surface area contributed by atoms with Gasteiger partial charge in [0.1, 0.15) is 5.75 Å². The zero-order chi connectivity index (χ0) is 13.0. The van der Waals surface area contributed by atoms with Crippen molar-refractivity contribution >= 4 is 5.91 Å². The molecule has 2 rings (SSSR count). The van der Waals surface area contributed by atoms with E-state index < -0.39 is 0 Å². The van der Waals surface area contributed by atoms with E-state index in [0.717, 1.165) is 0 Å². The SMILES string of the molecule is CCNC(=O)COc1cc2c(cc1CO)OCO2. The molecule has 0 radical (unpaired) electrons. The van der Waals surface area contributed by atoms with E-state index >= 15 is 0 Å². The lowest BCUT2D eigenvalue weighted by atomic mass is 10.2. The van der Waals surface area contributed by atoms with E-state index in [-0.39, 0.29) is 25.9 Å². The molecule has 6 heteroatoms. The maximum atomic E-state index is 11.3. The van der Waals surface area contributed by atoms with Crippen LogP contribution in [-0.4, -0.2) is 31.0 Å². The third-order valence-corrected chi connectivity index (χ3v) is 2.46.